The summed E-state index contributed by atoms with van der Waals surface area (Å²) in [6.45, 7) is 6.01. The van der Waals surface area contributed by atoms with Crippen molar-refractivity contribution in [1.82, 2.24) is 14.5 Å². The van der Waals surface area contributed by atoms with Crippen molar-refractivity contribution >= 4 is 32.8 Å². The maximum absolute atomic E-state index is 13.5. The fourth-order valence-electron chi connectivity index (χ4n) is 6.81. The Morgan fingerprint density at radius 3 is 1.75 bits per heavy atom. The van der Waals surface area contributed by atoms with E-state index in [0.717, 1.165) is 59.1 Å². The van der Waals surface area contributed by atoms with Crippen LogP contribution in [0.1, 0.15) is 68.6 Å². The lowest BCUT2D eigenvalue weighted by atomic mass is 9.82. The molecule has 0 aliphatic rings. The van der Waals surface area contributed by atoms with Gasteiger partial charge in [-0.2, -0.15) is 0 Å². The van der Waals surface area contributed by atoms with Gasteiger partial charge in [0, 0.05) is 12.8 Å². The van der Waals surface area contributed by atoms with Gasteiger partial charge in [0.25, 0.3) is 0 Å². The first-order valence-electron chi connectivity index (χ1n) is 17.6. The maximum atomic E-state index is 13.5. The first kappa shape index (κ1) is 35.7. The number of pyridine rings is 1. The van der Waals surface area contributed by atoms with E-state index in [9.17, 15) is 13.2 Å². The molecule has 262 valence electrons. The zero-order valence-corrected chi connectivity index (χ0v) is 30.3. The second-order valence-corrected chi connectivity index (χ2v) is 14.8. The summed E-state index contributed by atoms with van der Waals surface area (Å²) in [7, 11) is -4.11. The third kappa shape index (κ3) is 7.80. The molecule has 0 bridgehead atoms. The van der Waals surface area contributed by atoms with Gasteiger partial charge in [0.15, 0.2) is 5.65 Å². The highest BCUT2D eigenvalue weighted by Crippen LogP contribution is 2.41. The number of hydrogen-bond acceptors (Lipinski definition) is 5. The number of nitrogens with zero attached hydrogens (tertiary/aromatic N) is 3. The van der Waals surface area contributed by atoms with Crippen LogP contribution in [0.4, 0.5) is 5.69 Å². The first-order chi connectivity index (χ1) is 24.6. The van der Waals surface area contributed by atoms with E-state index in [0.29, 0.717) is 41.2 Å². The van der Waals surface area contributed by atoms with Crippen LogP contribution >= 0.6 is 0 Å². The van der Waals surface area contributed by atoms with Gasteiger partial charge in [-0.05, 0) is 59.2 Å². The van der Waals surface area contributed by atoms with Gasteiger partial charge in [0.05, 0.1) is 17.1 Å². The van der Waals surface area contributed by atoms with Crippen LogP contribution in [0.2, 0.25) is 0 Å². The van der Waals surface area contributed by atoms with E-state index in [1.807, 2.05) is 127 Å². The molecule has 2 aromatic heterocycles. The smallest absolute Gasteiger partial charge is 0.224 e. The highest BCUT2D eigenvalue weighted by atomic mass is 32.2. The number of sulfonamides is 1. The van der Waals surface area contributed by atoms with Crippen LogP contribution in [0.3, 0.4) is 0 Å². The minimum absolute atomic E-state index is 0.0766. The lowest BCUT2D eigenvalue weighted by molar-refractivity contribution is -0.116. The first-order valence-corrected chi connectivity index (χ1v) is 19.4. The van der Waals surface area contributed by atoms with Crippen molar-refractivity contribution in [3.63, 3.8) is 0 Å². The van der Waals surface area contributed by atoms with E-state index >= 15 is 0 Å². The number of carbonyl (C=O) groups is 1. The van der Waals surface area contributed by atoms with E-state index in [2.05, 4.69) is 19.2 Å². The zero-order chi connectivity index (χ0) is 36.0. The molecule has 9 heteroatoms. The van der Waals surface area contributed by atoms with E-state index in [1.165, 1.54) is 0 Å². The zero-order valence-electron chi connectivity index (χ0n) is 29.5. The number of unbranched alkanes of at least 4 members (excludes halogenated alkanes) is 2. The Balaban J connectivity index is 1.63. The Bertz CT molecular complexity index is 2130. The van der Waals surface area contributed by atoms with Gasteiger partial charge in [-0.25, -0.2) is 23.5 Å². The van der Waals surface area contributed by atoms with Crippen molar-refractivity contribution in [2.75, 3.05) is 11.1 Å². The quantitative estimate of drug-likeness (QED) is 0.118. The number of amides is 1. The van der Waals surface area contributed by atoms with Gasteiger partial charge in [0.1, 0.15) is 16.9 Å². The second-order valence-electron chi connectivity index (χ2n) is 13.1. The summed E-state index contributed by atoms with van der Waals surface area (Å²) >= 11 is 0. The van der Waals surface area contributed by atoms with E-state index in [4.69, 9.17) is 15.1 Å². The molecule has 4 aromatic carbocycles. The van der Waals surface area contributed by atoms with Crippen LogP contribution in [0.15, 0.2) is 115 Å². The summed E-state index contributed by atoms with van der Waals surface area (Å²) < 4.78 is 29.1. The molecule has 8 nitrogen and oxygen atoms in total. The van der Waals surface area contributed by atoms with Crippen LogP contribution in [0, 0.1) is 6.92 Å². The fraction of sp³-hybridized carbons (Fsp3) is 0.262. The minimum Gasteiger partial charge on any atom is -0.324 e. The number of nitrogens with one attached hydrogen (secondary N) is 1. The summed E-state index contributed by atoms with van der Waals surface area (Å²) in [6, 6.07) is 38.0. The lowest BCUT2D eigenvalue weighted by Crippen LogP contribution is -2.45. The number of fused-ring (bicyclic) bond motifs is 1. The van der Waals surface area contributed by atoms with Crippen molar-refractivity contribution in [2.45, 2.75) is 64.8 Å². The number of imidazole rings is 1. The number of aryl methyl sites for hydroxylation is 2. The average Bonchev–Trinajstić information content (AvgIpc) is 3.49. The molecule has 0 saturated carbocycles. The van der Waals surface area contributed by atoms with Gasteiger partial charge in [-0.1, -0.05) is 136 Å². The average molecular weight is 700 g/mol. The fourth-order valence-corrected chi connectivity index (χ4v) is 7.85. The summed E-state index contributed by atoms with van der Waals surface area (Å²) in [5.41, 5.74) is 6.52. The number of aromatic nitrogens is 3. The third-order valence-electron chi connectivity index (χ3n) is 9.41. The summed E-state index contributed by atoms with van der Waals surface area (Å²) in [5, 5.41) is 9.08. The molecule has 51 heavy (non-hydrogen) atoms. The van der Waals surface area contributed by atoms with Crippen LogP contribution < -0.4 is 10.5 Å². The topological polar surface area (TPSA) is 120 Å². The molecule has 0 aliphatic heterocycles. The number of rotatable bonds is 14. The molecular weight excluding hydrogens is 655 g/mol. The van der Waals surface area contributed by atoms with Gasteiger partial charge in [0.2, 0.25) is 15.9 Å². The monoisotopic (exact) mass is 699 g/mol. The Morgan fingerprint density at radius 1 is 0.745 bits per heavy atom. The summed E-state index contributed by atoms with van der Waals surface area (Å²) in [5.74, 6) is 0.180. The van der Waals surface area contributed by atoms with Crippen LogP contribution in [-0.4, -0.2) is 34.6 Å². The number of anilines is 1. The molecular formula is C42H45N5O3S. The van der Waals surface area contributed by atoms with Gasteiger partial charge in [-0.3, -0.25) is 9.36 Å². The molecule has 0 saturated heterocycles. The summed E-state index contributed by atoms with van der Waals surface area (Å²) in [4.78, 5) is 23.0. The van der Waals surface area contributed by atoms with Crippen LogP contribution in [0.5, 0.6) is 0 Å². The minimum atomic E-state index is -4.11. The molecule has 6 aromatic rings. The molecule has 0 unspecified atom stereocenters. The molecule has 0 atom stereocenters. The van der Waals surface area contributed by atoms with E-state index in [-0.39, 0.29) is 5.91 Å². The number of hydrogen-bond donors (Lipinski definition) is 2. The van der Waals surface area contributed by atoms with Crippen LogP contribution in [-0.2, 0) is 26.8 Å². The van der Waals surface area contributed by atoms with E-state index < -0.39 is 21.3 Å². The predicted octanol–water partition coefficient (Wildman–Crippen LogP) is 8.63. The van der Waals surface area contributed by atoms with Gasteiger partial charge < -0.3 is 5.32 Å². The number of nitrogens with two attached hydrogens (primary N) is 1. The Kier molecular flexibility index (Phi) is 10.8. The van der Waals surface area contributed by atoms with Crippen molar-refractivity contribution < 1.29 is 13.2 Å². The SMILES string of the molecule is CCCCC(=O)Nc1cc2nc(CCCC)n(C(CS(N)(=O)=O)(c3ccc(-c4ccccc4)cc3)c3ccc(-c4ccccc4)cc3)c2nc1C. The molecule has 6 rings (SSSR count). The van der Waals surface area contributed by atoms with Crippen molar-refractivity contribution in [3.05, 3.63) is 138 Å². The van der Waals surface area contributed by atoms with Crippen molar-refractivity contribution in [3.8, 4) is 22.3 Å². The molecule has 0 spiro atoms. The van der Waals surface area contributed by atoms with Gasteiger partial charge in [-0.15, -0.1) is 0 Å². The Morgan fingerprint density at radius 2 is 1.25 bits per heavy atom. The maximum Gasteiger partial charge on any atom is 0.224 e. The molecule has 2 heterocycles. The van der Waals surface area contributed by atoms with Crippen LogP contribution in [0.25, 0.3) is 33.4 Å². The third-order valence-corrected chi connectivity index (χ3v) is 10.2. The Labute approximate surface area is 300 Å². The number of primary sulfonamides is 1. The molecule has 0 fully saturated rings. The van der Waals surface area contributed by atoms with Gasteiger partial charge >= 0.3 is 0 Å². The number of carbonyl (C=O) groups excluding carboxylic acids is 1. The standard InChI is InChI=1S/C42H45N5O3S/c1-4-6-18-39-45-38-28-37(46-40(48)19-7-5-2)30(3)44-41(38)47(39)42(29-51(43,49)50,35-24-20-33(21-25-35)31-14-10-8-11-15-31)36-26-22-34(23-27-36)32-16-12-9-13-17-32/h8-17,20-28H,4-7,18-19,29H2,1-3H3,(H,46,48)(H2,43,49,50). The molecule has 0 radical (unpaired) electrons. The lowest BCUT2D eigenvalue weighted by Gasteiger charge is -2.37. The second kappa shape index (κ2) is 15.4. The molecule has 0 aliphatic carbocycles. The molecule has 1 amide bonds. The van der Waals surface area contributed by atoms with Crippen molar-refractivity contribution in [1.29, 1.82) is 0 Å². The highest BCUT2D eigenvalue weighted by Gasteiger charge is 2.43. The highest BCUT2D eigenvalue weighted by molar-refractivity contribution is 7.89. The Hall–Kier alpha value is -5.12. The molecule has 3 N–H and O–H groups in total. The normalized spacial score (nSPS) is 11.9. The predicted molar refractivity (Wildman–Crippen MR) is 207 cm³/mol. The van der Waals surface area contributed by atoms with Crippen molar-refractivity contribution in [2.24, 2.45) is 5.14 Å². The number of benzene rings is 4. The van der Waals surface area contributed by atoms with E-state index in [1.54, 1.807) is 0 Å². The summed E-state index contributed by atoms with van der Waals surface area (Å²) in [6.07, 6.45) is 4.45. The largest absolute Gasteiger partial charge is 0.324 e.